The molecule has 1 fully saturated rings. The molecule has 0 bridgehead atoms. The lowest BCUT2D eigenvalue weighted by atomic mass is 10.1. The summed E-state index contributed by atoms with van der Waals surface area (Å²) >= 11 is 0. The van der Waals surface area contributed by atoms with Gasteiger partial charge in [-0.1, -0.05) is 48.5 Å². The number of amides is 1. The summed E-state index contributed by atoms with van der Waals surface area (Å²) < 4.78 is 6.03. The number of hydrogen-bond donors (Lipinski definition) is 2. The number of aliphatic imine (C=N–C) groups is 1. The minimum Gasteiger partial charge on any atom is -0.489 e. The number of nitrogens with zero attached hydrogens (tertiary/aromatic N) is 2. The number of nitrogens with one attached hydrogen (secondary N) is 2. The van der Waals surface area contributed by atoms with Gasteiger partial charge in [-0.2, -0.15) is 0 Å². The van der Waals surface area contributed by atoms with Crippen LogP contribution in [0.5, 0.6) is 5.75 Å². The van der Waals surface area contributed by atoms with Gasteiger partial charge in [-0.05, 0) is 44.4 Å². The number of rotatable bonds is 10. The summed E-state index contributed by atoms with van der Waals surface area (Å²) in [5.74, 6) is 2.20. The molecule has 0 saturated carbocycles. The number of para-hydroxylation sites is 1. The largest absolute Gasteiger partial charge is 0.489 e. The number of benzene rings is 2. The Bertz CT molecular complexity index is 884. The number of ether oxygens (including phenoxy) is 1. The second-order valence-corrected chi connectivity index (χ2v) is 8.44. The Labute approximate surface area is 192 Å². The molecule has 1 saturated heterocycles. The molecule has 1 aliphatic rings. The molecule has 1 amide bonds. The van der Waals surface area contributed by atoms with Gasteiger partial charge in [0.1, 0.15) is 11.9 Å². The van der Waals surface area contributed by atoms with Gasteiger partial charge in [0.15, 0.2) is 5.96 Å². The van der Waals surface area contributed by atoms with E-state index in [-0.39, 0.29) is 12.0 Å². The minimum absolute atomic E-state index is 0.0342. The van der Waals surface area contributed by atoms with Crippen LogP contribution in [0.1, 0.15) is 31.4 Å². The van der Waals surface area contributed by atoms with Gasteiger partial charge >= 0.3 is 0 Å². The first-order chi connectivity index (χ1) is 15.5. The lowest BCUT2D eigenvalue weighted by Crippen LogP contribution is -2.41. The highest BCUT2D eigenvalue weighted by Crippen LogP contribution is 2.19. The number of carbonyl (C=O) groups excluding carboxylic acids is 1. The Kier molecular flexibility index (Phi) is 8.96. The first kappa shape index (κ1) is 23.6. The summed E-state index contributed by atoms with van der Waals surface area (Å²) in [4.78, 5) is 19.1. The Morgan fingerprint density at radius 3 is 2.66 bits per heavy atom. The summed E-state index contributed by atoms with van der Waals surface area (Å²) in [6.45, 7) is 9.76. The summed E-state index contributed by atoms with van der Waals surface area (Å²) in [5, 5.41) is 6.70. The summed E-state index contributed by atoms with van der Waals surface area (Å²) in [6.07, 6.45) is 1.46. The van der Waals surface area contributed by atoms with Crippen molar-refractivity contribution in [2.45, 2.75) is 39.7 Å². The molecule has 6 heteroatoms. The fourth-order valence-electron chi connectivity index (χ4n) is 3.86. The monoisotopic (exact) mass is 436 g/mol. The summed E-state index contributed by atoms with van der Waals surface area (Å²) in [6, 6.07) is 18.4. The van der Waals surface area contributed by atoms with Gasteiger partial charge in [0.25, 0.3) is 0 Å². The van der Waals surface area contributed by atoms with E-state index in [4.69, 9.17) is 4.74 Å². The first-order valence-corrected chi connectivity index (χ1v) is 11.6. The van der Waals surface area contributed by atoms with Crippen LogP contribution >= 0.6 is 0 Å². The van der Waals surface area contributed by atoms with E-state index in [2.05, 4.69) is 34.7 Å². The van der Waals surface area contributed by atoms with Crippen molar-refractivity contribution in [1.29, 1.82) is 0 Å². The van der Waals surface area contributed by atoms with Gasteiger partial charge in [-0.3, -0.25) is 4.79 Å². The third kappa shape index (κ3) is 7.29. The number of hydrogen-bond acceptors (Lipinski definition) is 3. The van der Waals surface area contributed by atoms with E-state index in [1.54, 1.807) is 0 Å². The smallest absolute Gasteiger partial charge is 0.223 e. The third-order valence-electron chi connectivity index (χ3n) is 5.64. The fraction of sp³-hybridized carbons (Fsp3) is 0.462. The van der Waals surface area contributed by atoms with Gasteiger partial charge in [0.05, 0.1) is 6.54 Å². The molecule has 2 aromatic rings. The second kappa shape index (κ2) is 12.1. The second-order valence-electron chi connectivity index (χ2n) is 8.44. The van der Waals surface area contributed by atoms with Crippen LogP contribution in [0.15, 0.2) is 59.6 Å². The van der Waals surface area contributed by atoms with Crippen LogP contribution in [0.25, 0.3) is 0 Å². The minimum atomic E-state index is -0.0342. The predicted octanol–water partition coefficient (Wildman–Crippen LogP) is 3.41. The van der Waals surface area contributed by atoms with E-state index in [1.807, 2.05) is 61.2 Å². The molecule has 0 aromatic heterocycles. The maximum absolute atomic E-state index is 12.4. The topological polar surface area (TPSA) is 66.0 Å². The number of guanidine groups is 1. The van der Waals surface area contributed by atoms with Crippen LogP contribution in [-0.2, 0) is 11.2 Å². The highest BCUT2D eigenvalue weighted by Gasteiger charge is 2.29. The predicted molar refractivity (Wildman–Crippen MR) is 130 cm³/mol. The molecule has 2 N–H and O–H groups in total. The highest BCUT2D eigenvalue weighted by molar-refractivity contribution is 5.81. The zero-order valence-electron chi connectivity index (χ0n) is 19.5. The van der Waals surface area contributed by atoms with Crippen molar-refractivity contribution < 1.29 is 9.53 Å². The molecular formula is C26H36N4O2. The van der Waals surface area contributed by atoms with Crippen LogP contribution in [0.4, 0.5) is 0 Å². The molecule has 1 heterocycles. The zero-order valence-corrected chi connectivity index (χ0v) is 19.5. The first-order valence-electron chi connectivity index (χ1n) is 11.6. The Balaban J connectivity index is 1.45. The van der Waals surface area contributed by atoms with Gasteiger partial charge in [0.2, 0.25) is 5.91 Å². The molecule has 172 valence electrons. The quantitative estimate of drug-likeness (QED) is 0.443. The van der Waals surface area contributed by atoms with Crippen molar-refractivity contribution in [3.63, 3.8) is 0 Å². The summed E-state index contributed by atoms with van der Waals surface area (Å²) in [5.41, 5.74) is 2.39. The molecule has 3 rings (SSSR count). The van der Waals surface area contributed by atoms with E-state index in [9.17, 15) is 4.79 Å². The van der Waals surface area contributed by atoms with Crippen LogP contribution in [0.2, 0.25) is 0 Å². The third-order valence-corrected chi connectivity index (χ3v) is 5.64. The maximum Gasteiger partial charge on any atom is 0.223 e. The zero-order chi connectivity index (χ0) is 22.8. The average Bonchev–Trinajstić information content (AvgIpc) is 3.16. The standard InChI is InChI=1S/C26H36N4O2/c1-4-27-26(28-17-21(3)32-24-13-9-8-10-20(24)2)29-18-23-16-25(31)30(19-23)15-14-22-11-6-5-7-12-22/h5-13,21,23H,4,14-19H2,1-3H3,(H2,27,28,29). The van der Waals surface area contributed by atoms with Gasteiger partial charge in [0, 0.05) is 38.5 Å². The molecule has 0 radical (unpaired) electrons. The molecule has 1 aliphatic heterocycles. The molecular weight excluding hydrogens is 400 g/mol. The lowest BCUT2D eigenvalue weighted by Gasteiger charge is -2.18. The van der Waals surface area contributed by atoms with Crippen molar-refractivity contribution in [3.05, 3.63) is 65.7 Å². The normalized spacial score (nSPS) is 17.3. The number of aryl methyl sites for hydroxylation is 1. The molecule has 2 atom stereocenters. The van der Waals surface area contributed by atoms with Crippen molar-refractivity contribution in [2.75, 3.05) is 32.7 Å². The van der Waals surface area contributed by atoms with Crippen molar-refractivity contribution in [2.24, 2.45) is 10.9 Å². The molecule has 0 spiro atoms. The van der Waals surface area contributed by atoms with E-state index in [0.29, 0.717) is 18.9 Å². The number of carbonyl (C=O) groups is 1. The lowest BCUT2D eigenvalue weighted by molar-refractivity contribution is -0.127. The van der Waals surface area contributed by atoms with E-state index in [0.717, 1.165) is 49.9 Å². The SMILES string of the molecule is CCNC(=NCC(C)Oc1ccccc1C)NCC1CC(=O)N(CCc2ccccc2)C1. The van der Waals surface area contributed by atoms with Crippen molar-refractivity contribution in [1.82, 2.24) is 15.5 Å². The summed E-state index contributed by atoms with van der Waals surface area (Å²) in [7, 11) is 0. The Hall–Kier alpha value is -3.02. The van der Waals surface area contributed by atoms with E-state index in [1.165, 1.54) is 5.56 Å². The molecule has 6 nitrogen and oxygen atoms in total. The molecule has 2 unspecified atom stereocenters. The Morgan fingerprint density at radius 1 is 1.16 bits per heavy atom. The van der Waals surface area contributed by atoms with E-state index >= 15 is 0 Å². The van der Waals surface area contributed by atoms with Crippen LogP contribution in [-0.4, -0.2) is 55.6 Å². The Morgan fingerprint density at radius 2 is 1.91 bits per heavy atom. The van der Waals surface area contributed by atoms with E-state index < -0.39 is 0 Å². The molecule has 2 aromatic carbocycles. The van der Waals surface area contributed by atoms with Gasteiger partial charge in [-0.25, -0.2) is 4.99 Å². The van der Waals surface area contributed by atoms with Gasteiger partial charge in [-0.15, -0.1) is 0 Å². The van der Waals surface area contributed by atoms with Crippen LogP contribution < -0.4 is 15.4 Å². The molecule has 32 heavy (non-hydrogen) atoms. The molecule has 0 aliphatic carbocycles. The maximum atomic E-state index is 12.4. The number of likely N-dealkylation sites (tertiary alicyclic amines) is 1. The van der Waals surface area contributed by atoms with Crippen molar-refractivity contribution >= 4 is 11.9 Å². The average molecular weight is 437 g/mol. The highest BCUT2D eigenvalue weighted by atomic mass is 16.5. The van der Waals surface area contributed by atoms with Gasteiger partial charge < -0.3 is 20.3 Å². The van der Waals surface area contributed by atoms with Crippen LogP contribution in [0.3, 0.4) is 0 Å². The van der Waals surface area contributed by atoms with Crippen molar-refractivity contribution in [3.8, 4) is 5.75 Å². The fourth-order valence-corrected chi connectivity index (χ4v) is 3.86. The van der Waals surface area contributed by atoms with Crippen LogP contribution in [0, 0.1) is 12.8 Å².